The normalized spacial score (nSPS) is 11.2. The minimum atomic E-state index is -4.60. The molecule has 0 radical (unpaired) electrons. The summed E-state index contributed by atoms with van der Waals surface area (Å²) in [7, 11) is 0. The van der Waals surface area contributed by atoms with Crippen molar-refractivity contribution in [3.05, 3.63) is 64.2 Å². The van der Waals surface area contributed by atoms with Gasteiger partial charge in [0.1, 0.15) is 11.6 Å². The maximum atomic E-state index is 13.4. The van der Waals surface area contributed by atoms with Crippen molar-refractivity contribution >= 4 is 23.3 Å². The van der Waals surface area contributed by atoms with Crippen molar-refractivity contribution < 1.29 is 26.7 Å². The zero-order valence-corrected chi connectivity index (χ0v) is 12.6. The third-order valence-electron chi connectivity index (χ3n) is 2.99. The molecular formula is C15H10ClF5N2O. The average Bonchev–Trinajstić information content (AvgIpc) is 2.49. The van der Waals surface area contributed by atoms with Crippen LogP contribution >= 0.6 is 11.6 Å². The number of alkyl halides is 3. The Balaban J connectivity index is 2.06. The van der Waals surface area contributed by atoms with E-state index in [1.807, 2.05) is 0 Å². The Bertz CT molecular complexity index is 764. The van der Waals surface area contributed by atoms with E-state index in [0.717, 1.165) is 30.3 Å². The Morgan fingerprint density at radius 2 is 1.79 bits per heavy atom. The molecule has 24 heavy (non-hydrogen) atoms. The highest BCUT2D eigenvalue weighted by molar-refractivity contribution is 6.33. The molecule has 3 nitrogen and oxygen atoms in total. The molecule has 0 bridgehead atoms. The number of carbonyl (C=O) groups excluding carboxylic acids is 1. The van der Waals surface area contributed by atoms with Crippen molar-refractivity contribution in [2.24, 2.45) is 0 Å². The molecular weight excluding hydrogens is 355 g/mol. The largest absolute Gasteiger partial charge is 0.416 e. The summed E-state index contributed by atoms with van der Waals surface area (Å²) in [6.45, 7) is -0.355. The van der Waals surface area contributed by atoms with Crippen molar-refractivity contribution in [1.29, 1.82) is 0 Å². The average molecular weight is 365 g/mol. The third-order valence-corrected chi connectivity index (χ3v) is 3.32. The molecule has 0 aliphatic heterocycles. The highest BCUT2D eigenvalue weighted by Gasteiger charge is 2.31. The first-order chi connectivity index (χ1) is 11.2. The lowest BCUT2D eigenvalue weighted by atomic mass is 10.2. The Morgan fingerprint density at radius 1 is 1.08 bits per heavy atom. The van der Waals surface area contributed by atoms with Crippen molar-refractivity contribution in [2.75, 3.05) is 5.32 Å². The molecule has 2 aromatic rings. The summed E-state index contributed by atoms with van der Waals surface area (Å²) in [4.78, 5) is 11.7. The predicted octanol–water partition coefficient (Wildman–Crippen LogP) is 4.96. The fourth-order valence-corrected chi connectivity index (χ4v) is 1.98. The summed E-state index contributed by atoms with van der Waals surface area (Å²) in [5, 5.41) is 4.23. The second kappa shape index (κ2) is 7.04. The Kier molecular flexibility index (Phi) is 5.28. The van der Waals surface area contributed by atoms with E-state index in [-0.39, 0.29) is 22.8 Å². The Labute approximate surface area is 138 Å². The van der Waals surface area contributed by atoms with Crippen LogP contribution in [0.2, 0.25) is 5.02 Å². The third kappa shape index (κ3) is 4.58. The number of rotatable bonds is 3. The molecule has 0 unspecified atom stereocenters. The van der Waals surface area contributed by atoms with E-state index in [0.29, 0.717) is 6.07 Å². The van der Waals surface area contributed by atoms with Crippen molar-refractivity contribution in [3.63, 3.8) is 0 Å². The second-order valence-corrected chi connectivity index (χ2v) is 5.14. The highest BCUT2D eigenvalue weighted by Crippen LogP contribution is 2.33. The van der Waals surface area contributed by atoms with Gasteiger partial charge in [0, 0.05) is 12.1 Å². The van der Waals surface area contributed by atoms with Gasteiger partial charge in [0.05, 0.1) is 16.3 Å². The number of halogens is 6. The van der Waals surface area contributed by atoms with Crippen LogP contribution in [-0.4, -0.2) is 6.03 Å². The number of hydrogen-bond donors (Lipinski definition) is 2. The van der Waals surface area contributed by atoms with Crippen LogP contribution in [0.15, 0.2) is 36.4 Å². The quantitative estimate of drug-likeness (QED) is 0.743. The number of hydrogen-bond acceptors (Lipinski definition) is 1. The Morgan fingerprint density at radius 3 is 2.46 bits per heavy atom. The van der Waals surface area contributed by atoms with E-state index in [4.69, 9.17) is 11.6 Å². The fourth-order valence-electron chi connectivity index (χ4n) is 1.82. The lowest BCUT2D eigenvalue weighted by Gasteiger charge is -2.12. The van der Waals surface area contributed by atoms with Gasteiger partial charge in [-0.1, -0.05) is 11.6 Å². The number of nitrogens with one attached hydrogen (secondary N) is 2. The van der Waals surface area contributed by atoms with Gasteiger partial charge in [-0.05, 0) is 36.4 Å². The topological polar surface area (TPSA) is 41.1 Å². The molecule has 0 aliphatic carbocycles. The van der Waals surface area contributed by atoms with Crippen LogP contribution in [0, 0.1) is 11.6 Å². The van der Waals surface area contributed by atoms with E-state index in [9.17, 15) is 26.7 Å². The van der Waals surface area contributed by atoms with Crippen molar-refractivity contribution in [2.45, 2.75) is 12.7 Å². The standard InChI is InChI=1S/C15H10ClF5N2O/c16-11-3-1-9(15(19,20)21)6-13(11)23-14(24)22-7-8-5-10(17)2-4-12(8)18/h1-6H,7H2,(H2,22,23,24). The summed E-state index contributed by atoms with van der Waals surface area (Å²) in [5.41, 5.74) is -1.36. The maximum Gasteiger partial charge on any atom is 0.416 e. The van der Waals surface area contributed by atoms with Crippen LogP contribution in [0.1, 0.15) is 11.1 Å². The highest BCUT2D eigenvalue weighted by atomic mass is 35.5. The van der Waals surface area contributed by atoms with Crippen LogP contribution < -0.4 is 10.6 Å². The monoisotopic (exact) mass is 364 g/mol. The van der Waals surface area contributed by atoms with Gasteiger partial charge in [-0.25, -0.2) is 13.6 Å². The van der Waals surface area contributed by atoms with E-state index in [1.165, 1.54) is 0 Å². The number of urea groups is 1. The van der Waals surface area contributed by atoms with Crippen LogP contribution in [0.5, 0.6) is 0 Å². The molecule has 2 N–H and O–H groups in total. The summed E-state index contributed by atoms with van der Waals surface area (Å²) in [5.74, 6) is -1.41. The first-order valence-corrected chi connectivity index (χ1v) is 6.90. The molecule has 2 rings (SSSR count). The lowest BCUT2D eigenvalue weighted by molar-refractivity contribution is -0.137. The molecule has 0 aromatic heterocycles. The molecule has 2 amide bonds. The van der Waals surface area contributed by atoms with E-state index in [2.05, 4.69) is 10.6 Å². The molecule has 9 heteroatoms. The summed E-state index contributed by atoms with van der Waals surface area (Å²) >= 11 is 5.73. The number of anilines is 1. The molecule has 0 heterocycles. The first kappa shape index (κ1) is 18.0. The van der Waals surface area contributed by atoms with Crippen molar-refractivity contribution in [1.82, 2.24) is 5.32 Å². The van der Waals surface area contributed by atoms with Crippen LogP contribution in [0.3, 0.4) is 0 Å². The molecule has 0 aliphatic rings. The minimum absolute atomic E-state index is 0.102. The first-order valence-electron chi connectivity index (χ1n) is 6.52. The lowest BCUT2D eigenvalue weighted by Crippen LogP contribution is -2.28. The van der Waals surface area contributed by atoms with Gasteiger partial charge in [0.25, 0.3) is 0 Å². The molecule has 0 saturated heterocycles. The van der Waals surface area contributed by atoms with Crippen LogP contribution in [0.4, 0.5) is 32.4 Å². The van der Waals surface area contributed by atoms with Gasteiger partial charge < -0.3 is 10.6 Å². The van der Waals surface area contributed by atoms with Gasteiger partial charge in [-0.3, -0.25) is 0 Å². The van der Waals surface area contributed by atoms with Gasteiger partial charge in [0.15, 0.2) is 0 Å². The number of benzene rings is 2. The summed E-state index contributed by atoms with van der Waals surface area (Å²) < 4.78 is 64.3. The van der Waals surface area contributed by atoms with Gasteiger partial charge in [-0.15, -0.1) is 0 Å². The van der Waals surface area contributed by atoms with Gasteiger partial charge >= 0.3 is 12.2 Å². The Hall–Kier alpha value is -2.35. The fraction of sp³-hybridized carbons (Fsp3) is 0.133. The van der Waals surface area contributed by atoms with Crippen molar-refractivity contribution in [3.8, 4) is 0 Å². The minimum Gasteiger partial charge on any atom is -0.334 e. The van der Waals surface area contributed by atoms with E-state index in [1.54, 1.807) is 0 Å². The molecule has 0 saturated carbocycles. The van der Waals surface area contributed by atoms with E-state index >= 15 is 0 Å². The number of amides is 2. The molecule has 0 atom stereocenters. The smallest absolute Gasteiger partial charge is 0.334 e. The van der Waals surface area contributed by atoms with Gasteiger partial charge in [0.2, 0.25) is 0 Å². The molecule has 128 valence electrons. The van der Waals surface area contributed by atoms with Crippen LogP contribution in [-0.2, 0) is 12.7 Å². The van der Waals surface area contributed by atoms with E-state index < -0.39 is 29.4 Å². The summed E-state index contributed by atoms with van der Waals surface area (Å²) in [6, 6.07) is 4.23. The molecule has 2 aromatic carbocycles. The molecule has 0 fully saturated rings. The zero-order chi connectivity index (χ0) is 17.9. The second-order valence-electron chi connectivity index (χ2n) is 4.74. The maximum absolute atomic E-state index is 13.4. The van der Waals surface area contributed by atoms with Crippen LogP contribution in [0.25, 0.3) is 0 Å². The van der Waals surface area contributed by atoms with Gasteiger partial charge in [-0.2, -0.15) is 13.2 Å². The predicted molar refractivity (Wildman–Crippen MR) is 78.7 cm³/mol. The molecule has 0 spiro atoms. The number of carbonyl (C=O) groups is 1. The summed E-state index contributed by atoms with van der Waals surface area (Å²) in [6.07, 6.45) is -4.60. The SMILES string of the molecule is O=C(NCc1cc(F)ccc1F)Nc1cc(C(F)(F)F)ccc1Cl. The zero-order valence-electron chi connectivity index (χ0n) is 11.8.